The lowest BCUT2D eigenvalue weighted by molar-refractivity contribution is -0.130. The summed E-state index contributed by atoms with van der Waals surface area (Å²) in [5, 5.41) is 11.2. The van der Waals surface area contributed by atoms with E-state index < -0.39 is 17.5 Å². The van der Waals surface area contributed by atoms with E-state index in [4.69, 9.17) is 5.11 Å². The molecule has 0 saturated heterocycles. The highest BCUT2D eigenvalue weighted by Crippen LogP contribution is 2.09. The van der Waals surface area contributed by atoms with Crippen molar-refractivity contribution in [1.82, 2.24) is 10.2 Å². The van der Waals surface area contributed by atoms with Crippen LogP contribution in [0, 0.1) is 11.6 Å². The summed E-state index contributed by atoms with van der Waals surface area (Å²) in [6.45, 7) is 0.350. The zero-order valence-electron chi connectivity index (χ0n) is 11.7. The minimum atomic E-state index is -0.925. The molecule has 0 aromatic heterocycles. The Morgan fingerprint density at radius 3 is 2.67 bits per heavy atom. The van der Waals surface area contributed by atoms with E-state index in [1.165, 1.54) is 4.90 Å². The highest BCUT2D eigenvalue weighted by atomic mass is 19.1. The van der Waals surface area contributed by atoms with E-state index in [-0.39, 0.29) is 37.6 Å². The second kappa shape index (κ2) is 8.31. The predicted octanol–water partition coefficient (Wildman–Crippen LogP) is 0.925. The van der Waals surface area contributed by atoms with Gasteiger partial charge in [0.15, 0.2) is 0 Å². The molecule has 0 fully saturated rings. The Bertz CT molecular complexity index is 509. The Balaban J connectivity index is 2.35. The van der Waals surface area contributed by atoms with Crippen molar-refractivity contribution >= 4 is 11.8 Å². The number of aliphatic hydroxyl groups excluding tert-OH is 1. The van der Waals surface area contributed by atoms with Crippen LogP contribution in [0.5, 0.6) is 0 Å². The van der Waals surface area contributed by atoms with Gasteiger partial charge >= 0.3 is 0 Å². The Morgan fingerprint density at radius 1 is 1.33 bits per heavy atom. The summed E-state index contributed by atoms with van der Waals surface area (Å²) >= 11 is 0. The first-order valence-corrected chi connectivity index (χ1v) is 6.53. The minimum Gasteiger partial charge on any atom is -0.395 e. The van der Waals surface area contributed by atoms with Gasteiger partial charge in [0.05, 0.1) is 12.2 Å². The van der Waals surface area contributed by atoms with Gasteiger partial charge in [0.2, 0.25) is 5.91 Å². The highest BCUT2D eigenvalue weighted by molar-refractivity contribution is 5.94. The molecule has 5 nitrogen and oxygen atoms in total. The summed E-state index contributed by atoms with van der Waals surface area (Å²) in [6, 6.07) is 2.72. The third-order valence-corrected chi connectivity index (χ3v) is 2.89. The summed E-state index contributed by atoms with van der Waals surface area (Å²) in [6.07, 6.45) is 0.603. The average molecular weight is 300 g/mol. The van der Waals surface area contributed by atoms with Crippen molar-refractivity contribution in [1.29, 1.82) is 0 Å². The fourth-order valence-electron chi connectivity index (χ4n) is 1.68. The third kappa shape index (κ3) is 5.47. The van der Waals surface area contributed by atoms with E-state index in [0.29, 0.717) is 12.5 Å². The maximum absolute atomic E-state index is 13.3. The number of hydrogen-bond acceptors (Lipinski definition) is 3. The molecule has 0 aliphatic carbocycles. The molecule has 0 saturated carbocycles. The number of nitrogens with zero attached hydrogens (tertiary/aromatic N) is 1. The van der Waals surface area contributed by atoms with Gasteiger partial charge in [-0.15, -0.1) is 0 Å². The number of nitrogens with one attached hydrogen (secondary N) is 1. The summed E-state index contributed by atoms with van der Waals surface area (Å²) in [5.74, 6) is -2.47. The molecule has 0 unspecified atom stereocenters. The molecule has 7 heteroatoms. The maximum Gasteiger partial charge on any atom is 0.254 e. The van der Waals surface area contributed by atoms with Gasteiger partial charge in [-0.25, -0.2) is 8.78 Å². The first kappa shape index (κ1) is 17.0. The maximum atomic E-state index is 13.3. The number of benzene rings is 1. The molecule has 0 aliphatic rings. The molecular weight excluding hydrogens is 282 g/mol. The zero-order valence-corrected chi connectivity index (χ0v) is 11.7. The van der Waals surface area contributed by atoms with Crippen LogP contribution in [0.4, 0.5) is 8.78 Å². The van der Waals surface area contributed by atoms with E-state index in [1.54, 1.807) is 7.05 Å². The van der Waals surface area contributed by atoms with E-state index in [1.807, 2.05) is 0 Å². The van der Waals surface area contributed by atoms with Crippen LogP contribution >= 0.6 is 0 Å². The largest absolute Gasteiger partial charge is 0.395 e. The van der Waals surface area contributed by atoms with Crippen molar-refractivity contribution < 1.29 is 23.5 Å². The number of hydrogen-bond donors (Lipinski definition) is 2. The van der Waals surface area contributed by atoms with Crippen molar-refractivity contribution in [2.45, 2.75) is 12.8 Å². The number of carbonyl (C=O) groups is 2. The van der Waals surface area contributed by atoms with Crippen LogP contribution in [0.2, 0.25) is 0 Å². The Morgan fingerprint density at radius 2 is 2.05 bits per heavy atom. The molecule has 0 spiro atoms. The first-order valence-electron chi connectivity index (χ1n) is 6.53. The minimum absolute atomic E-state index is 0.108. The number of rotatable bonds is 7. The standard InChI is InChI=1S/C14H18F2N2O3/c1-18(7-8-19)13(20)3-2-6-17-14(21)11-5-4-10(15)9-12(11)16/h4-5,9,19H,2-3,6-8H2,1H3,(H,17,21). The topological polar surface area (TPSA) is 69.6 Å². The van der Waals surface area contributed by atoms with Crippen LogP contribution in [0.15, 0.2) is 18.2 Å². The quantitative estimate of drug-likeness (QED) is 0.736. The molecule has 2 N–H and O–H groups in total. The van der Waals surface area contributed by atoms with Gasteiger partial charge in [0, 0.05) is 32.6 Å². The molecule has 0 radical (unpaired) electrons. The van der Waals surface area contributed by atoms with Gasteiger partial charge in [-0.2, -0.15) is 0 Å². The second-order valence-electron chi connectivity index (χ2n) is 4.52. The fraction of sp³-hybridized carbons (Fsp3) is 0.429. The molecule has 116 valence electrons. The number of halogens is 2. The lowest BCUT2D eigenvalue weighted by atomic mass is 10.2. The highest BCUT2D eigenvalue weighted by Gasteiger charge is 2.12. The van der Waals surface area contributed by atoms with Crippen LogP contribution in [-0.2, 0) is 4.79 Å². The van der Waals surface area contributed by atoms with E-state index >= 15 is 0 Å². The number of likely N-dealkylation sites (N-methyl/N-ethyl adjacent to an activating group) is 1. The lowest BCUT2D eigenvalue weighted by Crippen LogP contribution is -2.31. The molecule has 0 heterocycles. The van der Waals surface area contributed by atoms with Crippen LogP contribution < -0.4 is 5.32 Å². The Kier molecular flexibility index (Phi) is 6.74. The Hall–Kier alpha value is -2.02. The molecular formula is C14H18F2N2O3. The summed E-state index contributed by atoms with van der Waals surface area (Å²) < 4.78 is 26.1. The van der Waals surface area contributed by atoms with Gasteiger partial charge in [0.25, 0.3) is 5.91 Å². The van der Waals surface area contributed by atoms with Gasteiger partial charge in [0.1, 0.15) is 11.6 Å². The molecule has 21 heavy (non-hydrogen) atoms. The molecule has 0 atom stereocenters. The molecule has 0 aliphatic heterocycles. The van der Waals surface area contributed by atoms with Gasteiger partial charge in [-0.3, -0.25) is 9.59 Å². The van der Waals surface area contributed by atoms with Crippen LogP contribution in [0.25, 0.3) is 0 Å². The average Bonchev–Trinajstić information content (AvgIpc) is 2.43. The molecule has 1 aromatic rings. The number of amides is 2. The monoisotopic (exact) mass is 300 g/mol. The Labute approximate surface area is 121 Å². The van der Waals surface area contributed by atoms with E-state index in [9.17, 15) is 18.4 Å². The SMILES string of the molecule is CN(CCO)C(=O)CCCNC(=O)c1ccc(F)cc1F. The van der Waals surface area contributed by atoms with Crippen molar-refractivity contribution in [3.63, 3.8) is 0 Å². The second-order valence-corrected chi connectivity index (χ2v) is 4.52. The van der Waals surface area contributed by atoms with Crippen molar-refractivity contribution in [3.8, 4) is 0 Å². The van der Waals surface area contributed by atoms with Gasteiger partial charge in [-0.05, 0) is 18.6 Å². The normalized spacial score (nSPS) is 10.3. The third-order valence-electron chi connectivity index (χ3n) is 2.89. The van der Waals surface area contributed by atoms with Gasteiger partial charge in [-0.1, -0.05) is 0 Å². The number of aliphatic hydroxyl groups is 1. The van der Waals surface area contributed by atoms with Gasteiger partial charge < -0.3 is 15.3 Å². The van der Waals surface area contributed by atoms with E-state index in [2.05, 4.69) is 5.32 Å². The molecule has 1 rings (SSSR count). The van der Waals surface area contributed by atoms with Crippen molar-refractivity contribution in [2.75, 3.05) is 26.7 Å². The summed E-state index contributed by atoms with van der Waals surface area (Å²) in [7, 11) is 1.57. The van der Waals surface area contributed by atoms with E-state index in [0.717, 1.165) is 12.1 Å². The zero-order chi connectivity index (χ0) is 15.8. The van der Waals surface area contributed by atoms with Crippen LogP contribution in [-0.4, -0.2) is 48.6 Å². The van der Waals surface area contributed by atoms with Crippen LogP contribution in [0.3, 0.4) is 0 Å². The summed E-state index contributed by atoms with van der Waals surface area (Å²) in [5.41, 5.74) is -0.236. The lowest BCUT2D eigenvalue weighted by Gasteiger charge is -2.15. The molecule has 0 bridgehead atoms. The van der Waals surface area contributed by atoms with Crippen LogP contribution in [0.1, 0.15) is 23.2 Å². The number of carbonyl (C=O) groups excluding carboxylic acids is 2. The fourth-order valence-corrected chi connectivity index (χ4v) is 1.68. The first-order chi connectivity index (χ1) is 9.95. The molecule has 2 amide bonds. The molecule has 1 aromatic carbocycles. The summed E-state index contributed by atoms with van der Waals surface area (Å²) in [4.78, 5) is 24.6. The smallest absolute Gasteiger partial charge is 0.254 e. The predicted molar refractivity (Wildman–Crippen MR) is 72.6 cm³/mol. The van der Waals surface area contributed by atoms with Crippen molar-refractivity contribution in [3.05, 3.63) is 35.4 Å². The van der Waals surface area contributed by atoms with Crippen molar-refractivity contribution in [2.24, 2.45) is 0 Å².